The molecule has 0 aliphatic rings. The minimum Gasteiger partial charge on any atom is -0.213 e. The fraction of sp³-hybridized carbons (Fsp3) is 0.286. The van der Waals surface area contributed by atoms with Crippen LogP contribution in [0.1, 0.15) is 22.3 Å². The first-order chi connectivity index (χ1) is 6.61. The summed E-state index contributed by atoms with van der Waals surface area (Å²) in [6, 6.07) is 12.6. The molecule has 0 saturated carbocycles. The van der Waals surface area contributed by atoms with Gasteiger partial charge in [0.1, 0.15) is 0 Å². The fourth-order valence-corrected chi connectivity index (χ4v) is 1.20. The Morgan fingerprint density at radius 3 is 1.20 bits per heavy atom. The quantitative estimate of drug-likeness (QED) is 0.476. The second kappa shape index (κ2) is 6.82. The molecule has 0 saturated heterocycles. The van der Waals surface area contributed by atoms with E-state index in [1.165, 1.54) is 22.3 Å². The van der Waals surface area contributed by atoms with Crippen molar-refractivity contribution in [3.05, 3.63) is 58.7 Å². The zero-order valence-corrected chi connectivity index (χ0v) is 11.5. The zero-order valence-electron chi connectivity index (χ0n) is 9.96. The van der Waals surface area contributed by atoms with Gasteiger partial charge in [0.05, 0.1) is 0 Å². The molecule has 15 heavy (non-hydrogen) atoms. The maximum Gasteiger partial charge on any atom is 2.00 e. The Bertz CT molecular complexity index is 308. The molecule has 0 unspecified atom stereocenters. The molecule has 0 aromatic heterocycles. The van der Waals surface area contributed by atoms with E-state index in [-0.39, 0.29) is 21.7 Å². The van der Waals surface area contributed by atoms with E-state index in [2.05, 4.69) is 64.1 Å². The number of rotatable bonds is 0. The van der Waals surface area contributed by atoms with Crippen LogP contribution in [0.3, 0.4) is 0 Å². The molecular formula is C14H18Ti. The molecular weight excluding hydrogens is 216 g/mol. The largest absolute Gasteiger partial charge is 2.00 e. The van der Waals surface area contributed by atoms with Gasteiger partial charge in [-0.15, -0.1) is 0 Å². The summed E-state index contributed by atoms with van der Waals surface area (Å²) >= 11 is 0. The molecule has 0 bridgehead atoms. The predicted molar refractivity (Wildman–Crippen MR) is 63.0 cm³/mol. The van der Waals surface area contributed by atoms with E-state index in [1.54, 1.807) is 0 Å². The number of hydrogen-bond donors (Lipinski definition) is 0. The molecule has 0 heterocycles. The van der Waals surface area contributed by atoms with Crippen molar-refractivity contribution in [2.75, 3.05) is 0 Å². The van der Waals surface area contributed by atoms with E-state index in [0.717, 1.165) is 0 Å². The van der Waals surface area contributed by atoms with Gasteiger partial charge >= 0.3 is 21.7 Å². The van der Waals surface area contributed by atoms with Crippen molar-refractivity contribution in [1.82, 2.24) is 0 Å². The molecule has 0 aliphatic heterocycles. The zero-order chi connectivity index (χ0) is 10.6. The van der Waals surface area contributed by atoms with E-state index < -0.39 is 0 Å². The Labute approximate surface area is 108 Å². The fourth-order valence-electron chi connectivity index (χ4n) is 1.20. The second-order valence-electron chi connectivity index (χ2n) is 3.78. The van der Waals surface area contributed by atoms with E-state index in [9.17, 15) is 0 Å². The first-order valence-electron chi connectivity index (χ1n) is 4.99. The summed E-state index contributed by atoms with van der Waals surface area (Å²) in [5.74, 6) is 0. The van der Waals surface area contributed by atoms with E-state index in [1.807, 2.05) is 0 Å². The van der Waals surface area contributed by atoms with Crippen LogP contribution < -0.4 is 0 Å². The van der Waals surface area contributed by atoms with E-state index in [4.69, 9.17) is 0 Å². The first kappa shape index (κ1) is 14.4. The SMILES string of the molecule is Cc1ccc[c-]1C.Cc1ccc[c-]1C.[Ti+2]. The molecule has 2 rings (SSSR count). The van der Waals surface area contributed by atoms with Gasteiger partial charge in [0, 0.05) is 0 Å². The molecule has 0 amide bonds. The second-order valence-corrected chi connectivity index (χ2v) is 3.78. The molecule has 2 aromatic rings. The van der Waals surface area contributed by atoms with Crippen LogP contribution in [0, 0.1) is 27.7 Å². The Morgan fingerprint density at radius 1 is 0.800 bits per heavy atom. The third-order valence-electron chi connectivity index (χ3n) is 2.63. The van der Waals surface area contributed by atoms with Crippen LogP contribution in [0.15, 0.2) is 36.4 Å². The molecule has 2 aromatic carbocycles. The van der Waals surface area contributed by atoms with Gasteiger partial charge in [-0.3, -0.25) is 0 Å². The molecule has 0 fully saturated rings. The van der Waals surface area contributed by atoms with Crippen molar-refractivity contribution in [2.24, 2.45) is 0 Å². The topological polar surface area (TPSA) is 0 Å². The number of aryl methyl sites for hydroxylation is 4. The third kappa shape index (κ3) is 4.64. The van der Waals surface area contributed by atoms with Gasteiger partial charge in [-0.2, -0.15) is 34.4 Å². The summed E-state index contributed by atoms with van der Waals surface area (Å²) in [6.45, 7) is 8.48. The smallest absolute Gasteiger partial charge is 0.213 e. The van der Waals surface area contributed by atoms with Crippen LogP contribution in [0.5, 0.6) is 0 Å². The number of hydrogen-bond acceptors (Lipinski definition) is 0. The van der Waals surface area contributed by atoms with Crippen LogP contribution in [0.25, 0.3) is 0 Å². The predicted octanol–water partition coefficient (Wildman–Crippen LogP) is 4.04. The molecule has 0 aliphatic carbocycles. The van der Waals surface area contributed by atoms with Crippen LogP contribution >= 0.6 is 0 Å². The molecule has 0 radical (unpaired) electrons. The van der Waals surface area contributed by atoms with Gasteiger partial charge in [-0.1, -0.05) is 27.7 Å². The van der Waals surface area contributed by atoms with Crippen molar-refractivity contribution in [3.63, 3.8) is 0 Å². The maximum atomic E-state index is 2.12. The standard InChI is InChI=1S/2C7H9.Ti/c2*1-6-4-3-5-7(6)2;/h2*3-5H,1-2H3;/q2*-1;+2. The van der Waals surface area contributed by atoms with Gasteiger partial charge in [-0.05, 0) is 0 Å². The monoisotopic (exact) mass is 234 g/mol. The average Bonchev–Trinajstić information content (AvgIpc) is 2.67. The summed E-state index contributed by atoms with van der Waals surface area (Å²) in [4.78, 5) is 0. The minimum atomic E-state index is 0. The third-order valence-corrected chi connectivity index (χ3v) is 2.63. The van der Waals surface area contributed by atoms with Crippen molar-refractivity contribution in [3.8, 4) is 0 Å². The summed E-state index contributed by atoms with van der Waals surface area (Å²) in [5.41, 5.74) is 5.56. The van der Waals surface area contributed by atoms with Gasteiger partial charge in [0.15, 0.2) is 0 Å². The molecule has 0 atom stereocenters. The van der Waals surface area contributed by atoms with Crippen LogP contribution in [-0.4, -0.2) is 0 Å². The maximum absolute atomic E-state index is 2.12. The van der Waals surface area contributed by atoms with Crippen LogP contribution in [0.2, 0.25) is 0 Å². The molecule has 0 spiro atoms. The van der Waals surface area contributed by atoms with Gasteiger partial charge in [0.2, 0.25) is 0 Å². The molecule has 1 heteroatoms. The summed E-state index contributed by atoms with van der Waals surface area (Å²) in [6.07, 6.45) is 0. The molecule has 78 valence electrons. The van der Waals surface area contributed by atoms with E-state index >= 15 is 0 Å². The normalized spacial score (nSPS) is 8.80. The van der Waals surface area contributed by atoms with E-state index in [0.29, 0.717) is 0 Å². The summed E-state index contributed by atoms with van der Waals surface area (Å²) in [7, 11) is 0. The van der Waals surface area contributed by atoms with Gasteiger partial charge in [-0.25, -0.2) is 24.3 Å². The Balaban J connectivity index is 0.000000245. The summed E-state index contributed by atoms with van der Waals surface area (Å²) in [5, 5.41) is 0. The molecule has 0 N–H and O–H groups in total. The Kier molecular flexibility index (Phi) is 6.55. The Hall–Kier alpha value is -0.586. The van der Waals surface area contributed by atoms with Crippen LogP contribution in [-0.2, 0) is 21.7 Å². The first-order valence-corrected chi connectivity index (χ1v) is 4.99. The van der Waals surface area contributed by atoms with Crippen molar-refractivity contribution < 1.29 is 21.7 Å². The van der Waals surface area contributed by atoms with Crippen molar-refractivity contribution >= 4 is 0 Å². The van der Waals surface area contributed by atoms with Crippen molar-refractivity contribution in [1.29, 1.82) is 0 Å². The Morgan fingerprint density at radius 2 is 1.13 bits per heavy atom. The van der Waals surface area contributed by atoms with Crippen molar-refractivity contribution in [2.45, 2.75) is 27.7 Å². The van der Waals surface area contributed by atoms with Crippen LogP contribution in [0.4, 0.5) is 0 Å². The molecule has 0 nitrogen and oxygen atoms in total. The minimum absolute atomic E-state index is 0. The van der Waals surface area contributed by atoms with Gasteiger partial charge in [0.25, 0.3) is 0 Å². The average molecular weight is 234 g/mol. The van der Waals surface area contributed by atoms with Gasteiger partial charge < -0.3 is 0 Å². The summed E-state index contributed by atoms with van der Waals surface area (Å²) < 4.78 is 0.